The molecule has 5 heteroatoms. The number of halogens is 1. The van der Waals surface area contributed by atoms with Crippen LogP contribution >= 0.6 is 11.6 Å². The van der Waals surface area contributed by atoms with Crippen molar-refractivity contribution in [3.63, 3.8) is 0 Å². The fraction of sp³-hybridized carbons (Fsp3) is 0.333. The summed E-state index contributed by atoms with van der Waals surface area (Å²) in [4.78, 5) is 4.65. The van der Waals surface area contributed by atoms with Gasteiger partial charge in [-0.3, -0.25) is 9.25 Å². The first-order valence-corrected chi connectivity index (χ1v) is 7.24. The molecule has 0 aliphatic heterocycles. The average Bonchev–Trinajstić information content (AvgIpc) is 2.97. The number of nitrogens with zero attached hydrogens (tertiary/aromatic N) is 4. The van der Waals surface area contributed by atoms with Crippen molar-refractivity contribution in [1.29, 1.82) is 0 Å². The van der Waals surface area contributed by atoms with Gasteiger partial charge < -0.3 is 0 Å². The third-order valence-corrected chi connectivity index (χ3v) is 3.70. The molecule has 0 radical (unpaired) electrons. The number of hydrogen-bond acceptors (Lipinski definition) is 2. The van der Waals surface area contributed by atoms with E-state index in [4.69, 9.17) is 11.6 Å². The first-order valence-electron chi connectivity index (χ1n) is 6.71. The Kier molecular flexibility index (Phi) is 3.26. The van der Waals surface area contributed by atoms with Crippen LogP contribution in [-0.4, -0.2) is 19.3 Å². The molecule has 3 rings (SSSR count). The lowest BCUT2D eigenvalue weighted by molar-refractivity contribution is 0.746. The molecule has 0 saturated heterocycles. The van der Waals surface area contributed by atoms with Crippen LogP contribution in [0.3, 0.4) is 0 Å². The standard InChI is InChI=1S/C15H17ClN4/c1-4-11-14(9-19(3)18-11)20-13-6-5-10(2)7-12(13)17-15(20)8-16/h5-7,9H,4,8H2,1-3H3. The van der Waals surface area contributed by atoms with Crippen LogP contribution in [0.2, 0.25) is 0 Å². The Morgan fingerprint density at radius 1 is 1.30 bits per heavy atom. The molecule has 0 spiro atoms. The predicted octanol–water partition coefficient (Wildman–Crippen LogP) is 3.37. The molecule has 2 heterocycles. The monoisotopic (exact) mass is 288 g/mol. The van der Waals surface area contributed by atoms with Crippen LogP contribution in [0.4, 0.5) is 0 Å². The second-order valence-electron chi connectivity index (χ2n) is 4.98. The molecule has 4 nitrogen and oxygen atoms in total. The molecule has 0 bridgehead atoms. The van der Waals surface area contributed by atoms with Crippen molar-refractivity contribution in [2.24, 2.45) is 7.05 Å². The molecule has 0 N–H and O–H groups in total. The Bertz CT molecular complexity index is 770. The summed E-state index contributed by atoms with van der Waals surface area (Å²) in [6.07, 6.45) is 2.90. The Balaban J connectivity index is 2.33. The maximum atomic E-state index is 6.09. The molecule has 3 aromatic rings. The van der Waals surface area contributed by atoms with Gasteiger partial charge in [-0.25, -0.2) is 4.98 Å². The van der Waals surface area contributed by atoms with E-state index < -0.39 is 0 Å². The zero-order valence-electron chi connectivity index (χ0n) is 11.9. The van der Waals surface area contributed by atoms with E-state index in [1.54, 1.807) is 0 Å². The Morgan fingerprint density at radius 2 is 2.10 bits per heavy atom. The highest BCUT2D eigenvalue weighted by molar-refractivity contribution is 6.17. The molecule has 1 aromatic carbocycles. The normalized spacial score (nSPS) is 11.4. The van der Waals surface area contributed by atoms with Gasteiger partial charge in [0.15, 0.2) is 0 Å². The number of rotatable bonds is 3. The second-order valence-corrected chi connectivity index (χ2v) is 5.24. The van der Waals surface area contributed by atoms with Gasteiger partial charge in [-0.05, 0) is 31.0 Å². The van der Waals surface area contributed by atoms with Crippen LogP contribution in [0.5, 0.6) is 0 Å². The summed E-state index contributed by atoms with van der Waals surface area (Å²) < 4.78 is 3.96. The lowest BCUT2D eigenvalue weighted by Crippen LogP contribution is -2.01. The number of benzene rings is 1. The first kappa shape index (κ1) is 13.2. The minimum atomic E-state index is 0.381. The summed E-state index contributed by atoms with van der Waals surface area (Å²) in [6, 6.07) is 6.28. The number of aryl methyl sites for hydroxylation is 3. The molecule has 0 aliphatic rings. The van der Waals surface area contributed by atoms with Gasteiger partial charge in [0.25, 0.3) is 0 Å². The van der Waals surface area contributed by atoms with E-state index in [-0.39, 0.29) is 0 Å². The average molecular weight is 289 g/mol. The molecule has 2 aromatic heterocycles. The Labute approximate surface area is 123 Å². The highest BCUT2D eigenvalue weighted by Gasteiger charge is 2.16. The smallest absolute Gasteiger partial charge is 0.129 e. The van der Waals surface area contributed by atoms with Gasteiger partial charge in [0.1, 0.15) is 5.82 Å². The van der Waals surface area contributed by atoms with Gasteiger partial charge in [0.05, 0.1) is 28.3 Å². The Morgan fingerprint density at radius 3 is 2.80 bits per heavy atom. The maximum Gasteiger partial charge on any atom is 0.129 e. The highest BCUT2D eigenvalue weighted by Crippen LogP contribution is 2.25. The number of imidazole rings is 1. The molecule has 20 heavy (non-hydrogen) atoms. The third-order valence-electron chi connectivity index (χ3n) is 3.46. The lowest BCUT2D eigenvalue weighted by atomic mass is 10.2. The van der Waals surface area contributed by atoms with Crippen LogP contribution in [-0.2, 0) is 19.3 Å². The minimum Gasteiger partial charge on any atom is -0.292 e. The van der Waals surface area contributed by atoms with Crippen molar-refractivity contribution in [2.45, 2.75) is 26.1 Å². The van der Waals surface area contributed by atoms with Crippen LogP contribution in [0.15, 0.2) is 24.4 Å². The van der Waals surface area contributed by atoms with Crippen LogP contribution in [0, 0.1) is 6.92 Å². The zero-order chi connectivity index (χ0) is 14.3. The molecular weight excluding hydrogens is 272 g/mol. The molecule has 0 unspecified atom stereocenters. The molecule has 104 valence electrons. The molecule has 0 amide bonds. The van der Waals surface area contributed by atoms with Crippen molar-refractivity contribution >= 4 is 22.6 Å². The summed E-state index contributed by atoms with van der Waals surface area (Å²) in [5, 5.41) is 4.51. The number of hydrogen-bond donors (Lipinski definition) is 0. The summed E-state index contributed by atoms with van der Waals surface area (Å²) in [5.41, 5.74) is 5.38. The van der Waals surface area contributed by atoms with Gasteiger partial charge >= 0.3 is 0 Å². The van der Waals surface area contributed by atoms with Crippen LogP contribution < -0.4 is 0 Å². The van der Waals surface area contributed by atoms with E-state index in [2.05, 4.69) is 46.7 Å². The van der Waals surface area contributed by atoms with Gasteiger partial charge in [-0.1, -0.05) is 13.0 Å². The fourth-order valence-electron chi connectivity index (χ4n) is 2.56. The van der Waals surface area contributed by atoms with Crippen molar-refractivity contribution in [1.82, 2.24) is 19.3 Å². The quantitative estimate of drug-likeness (QED) is 0.693. The van der Waals surface area contributed by atoms with Crippen molar-refractivity contribution in [2.75, 3.05) is 0 Å². The van der Waals surface area contributed by atoms with E-state index in [9.17, 15) is 0 Å². The number of fused-ring (bicyclic) bond motifs is 1. The third kappa shape index (κ3) is 2.00. The topological polar surface area (TPSA) is 35.6 Å². The molecule has 0 atom stereocenters. The molecule has 0 saturated carbocycles. The number of alkyl halides is 1. The van der Waals surface area contributed by atoms with E-state index in [0.29, 0.717) is 5.88 Å². The first-order chi connectivity index (χ1) is 9.63. The largest absolute Gasteiger partial charge is 0.292 e. The van der Waals surface area contributed by atoms with Gasteiger partial charge in [0.2, 0.25) is 0 Å². The lowest BCUT2D eigenvalue weighted by Gasteiger charge is -2.06. The Hall–Kier alpha value is -1.81. The summed E-state index contributed by atoms with van der Waals surface area (Å²) in [5.74, 6) is 1.24. The van der Waals surface area contributed by atoms with Crippen LogP contribution in [0.25, 0.3) is 16.7 Å². The van der Waals surface area contributed by atoms with Gasteiger partial charge in [-0.15, -0.1) is 11.6 Å². The van der Waals surface area contributed by atoms with Gasteiger partial charge in [0, 0.05) is 13.2 Å². The van der Waals surface area contributed by atoms with Crippen molar-refractivity contribution in [3.05, 3.63) is 41.5 Å². The number of aromatic nitrogens is 4. The SMILES string of the molecule is CCc1nn(C)cc1-n1c(CCl)nc2cc(C)ccc21. The molecular formula is C15H17ClN4. The minimum absolute atomic E-state index is 0.381. The highest BCUT2D eigenvalue weighted by atomic mass is 35.5. The van der Waals surface area contributed by atoms with Crippen LogP contribution in [0.1, 0.15) is 24.0 Å². The molecule has 0 aliphatic carbocycles. The van der Waals surface area contributed by atoms with Gasteiger partial charge in [-0.2, -0.15) is 5.10 Å². The van der Waals surface area contributed by atoms with Crippen molar-refractivity contribution < 1.29 is 0 Å². The second kappa shape index (κ2) is 4.94. The summed E-state index contributed by atoms with van der Waals surface area (Å²) >= 11 is 6.09. The summed E-state index contributed by atoms with van der Waals surface area (Å²) in [6.45, 7) is 4.18. The maximum absolute atomic E-state index is 6.09. The molecule has 0 fully saturated rings. The van der Waals surface area contributed by atoms with E-state index in [0.717, 1.165) is 34.7 Å². The van der Waals surface area contributed by atoms with E-state index in [1.807, 2.05) is 17.9 Å². The van der Waals surface area contributed by atoms with E-state index >= 15 is 0 Å². The fourth-order valence-corrected chi connectivity index (χ4v) is 2.74. The summed E-state index contributed by atoms with van der Waals surface area (Å²) in [7, 11) is 1.94. The predicted molar refractivity (Wildman–Crippen MR) is 81.5 cm³/mol. The zero-order valence-corrected chi connectivity index (χ0v) is 12.6. The van der Waals surface area contributed by atoms with Crippen molar-refractivity contribution in [3.8, 4) is 5.69 Å². The van der Waals surface area contributed by atoms with E-state index in [1.165, 1.54) is 5.56 Å².